The van der Waals surface area contributed by atoms with Crippen molar-refractivity contribution < 1.29 is 29.1 Å². The smallest absolute Gasteiger partial charge is 0.356 e. The number of anilines is 1. The maximum atomic E-state index is 12.8. The Balaban J connectivity index is 1.76. The lowest BCUT2D eigenvalue weighted by Gasteiger charge is -2.48. The Kier molecular flexibility index (Phi) is 6.82. The lowest BCUT2D eigenvalue weighted by Crippen LogP contribution is -2.71. The fraction of sp³-hybridized carbons (Fsp3) is 0.471. The van der Waals surface area contributed by atoms with Crippen LogP contribution in [0.3, 0.4) is 0 Å². The molecule has 0 aromatic carbocycles. The number of methoxy groups -OCH3 is 1. The number of carbonyl (C=O) groups is 3. The number of ether oxygens (including phenoxy) is 1. The highest BCUT2D eigenvalue weighted by Crippen LogP contribution is 2.40. The summed E-state index contributed by atoms with van der Waals surface area (Å²) in [6, 6.07) is -0.910. The Labute approximate surface area is 180 Å². The lowest BCUT2D eigenvalue weighted by molar-refractivity contribution is -0.150. The molecule has 2 atom stereocenters. The SMILES string of the molecule is CCCCO/N=C(\C(=O)NC1C(=O)N2C(C(=O)O)=C(OC)CS[C@H]12)c1csc(N)n1. The van der Waals surface area contributed by atoms with Crippen molar-refractivity contribution in [2.45, 2.75) is 31.2 Å². The van der Waals surface area contributed by atoms with Crippen molar-refractivity contribution in [2.75, 3.05) is 25.2 Å². The molecule has 1 aromatic rings. The van der Waals surface area contributed by atoms with E-state index in [2.05, 4.69) is 15.5 Å². The molecule has 2 amide bonds. The van der Waals surface area contributed by atoms with Crippen molar-refractivity contribution in [1.82, 2.24) is 15.2 Å². The number of thiazole rings is 1. The molecule has 4 N–H and O–H groups in total. The van der Waals surface area contributed by atoms with Gasteiger partial charge in [-0.2, -0.15) is 0 Å². The van der Waals surface area contributed by atoms with E-state index in [-0.39, 0.29) is 33.7 Å². The van der Waals surface area contributed by atoms with E-state index in [0.717, 1.165) is 29.1 Å². The maximum Gasteiger partial charge on any atom is 0.356 e. The largest absolute Gasteiger partial charge is 0.498 e. The van der Waals surface area contributed by atoms with Gasteiger partial charge in [-0.15, -0.1) is 23.1 Å². The molecule has 0 spiro atoms. The Bertz CT molecular complexity index is 914. The molecule has 2 aliphatic heterocycles. The third-order valence-electron chi connectivity index (χ3n) is 4.39. The van der Waals surface area contributed by atoms with Gasteiger partial charge in [-0.05, 0) is 6.42 Å². The standard InChI is InChI=1S/C17H21N5O6S2/c1-3-4-5-28-21-10(8-6-30-17(18)19-8)13(23)20-11-14(24)22-12(16(25)26)9(27-2)7-29-15(11)22/h6,11,15H,3-5,7H2,1-2H3,(H2,18,19)(H,20,23)(H,25,26)/b21-10-/t11?,15-/m1/s1. The number of nitrogen functional groups attached to an aromatic ring is 1. The van der Waals surface area contributed by atoms with Gasteiger partial charge in [-0.25, -0.2) is 9.78 Å². The van der Waals surface area contributed by atoms with Gasteiger partial charge in [0.2, 0.25) is 0 Å². The zero-order chi connectivity index (χ0) is 21.8. The first-order valence-corrected chi connectivity index (χ1v) is 11.0. The molecule has 2 aliphatic rings. The molecule has 3 heterocycles. The summed E-state index contributed by atoms with van der Waals surface area (Å²) in [7, 11) is 1.35. The summed E-state index contributed by atoms with van der Waals surface area (Å²) in [4.78, 5) is 47.4. The number of rotatable bonds is 9. The summed E-state index contributed by atoms with van der Waals surface area (Å²) in [6.07, 6.45) is 1.66. The third-order valence-corrected chi connectivity index (χ3v) is 6.32. The fourth-order valence-corrected chi connectivity index (χ4v) is 4.74. The molecule has 0 bridgehead atoms. The fourth-order valence-electron chi connectivity index (χ4n) is 2.88. The average molecular weight is 456 g/mol. The Morgan fingerprint density at radius 3 is 2.87 bits per heavy atom. The summed E-state index contributed by atoms with van der Waals surface area (Å²) in [5.41, 5.74) is 5.58. The van der Waals surface area contributed by atoms with Gasteiger partial charge in [0.15, 0.2) is 16.5 Å². The average Bonchev–Trinajstić information content (AvgIpc) is 3.16. The number of nitrogens with zero attached hydrogens (tertiary/aromatic N) is 3. The minimum absolute atomic E-state index is 0.0994. The second kappa shape index (κ2) is 9.34. The van der Waals surface area contributed by atoms with E-state index in [4.69, 9.17) is 15.3 Å². The van der Waals surface area contributed by atoms with Crippen LogP contribution in [0.25, 0.3) is 0 Å². The molecular formula is C17H21N5O6S2. The number of carboxylic acid groups (broad SMARTS) is 1. The summed E-state index contributed by atoms with van der Waals surface area (Å²) < 4.78 is 5.09. The van der Waals surface area contributed by atoms with Gasteiger partial charge < -0.3 is 25.7 Å². The first-order valence-electron chi connectivity index (χ1n) is 9.06. The molecule has 0 aliphatic carbocycles. The number of β-lactam (4-membered cyclic amide) rings is 1. The molecule has 11 nitrogen and oxygen atoms in total. The van der Waals surface area contributed by atoms with E-state index in [1.165, 1.54) is 18.9 Å². The van der Waals surface area contributed by atoms with Crippen molar-refractivity contribution >= 4 is 51.7 Å². The van der Waals surface area contributed by atoms with Gasteiger partial charge in [0, 0.05) is 5.38 Å². The molecule has 30 heavy (non-hydrogen) atoms. The van der Waals surface area contributed by atoms with E-state index in [0.29, 0.717) is 6.61 Å². The normalized spacial score (nSPS) is 21.1. The number of amides is 2. The first-order chi connectivity index (χ1) is 14.4. The van der Waals surface area contributed by atoms with Crippen molar-refractivity contribution in [2.24, 2.45) is 5.16 Å². The summed E-state index contributed by atoms with van der Waals surface area (Å²) >= 11 is 2.44. The van der Waals surface area contributed by atoms with Crippen LogP contribution in [0.4, 0.5) is 5.13 Å². The van der Waals surface area contributed by atoms with Crippen LogP contribution in [0.15, 0.2) is 22.0 Å². The van der Waals surface area contributed by atoms with Crippen LogP contribution in [0, 0.1) is 0 Å². The number of carboxylic acids is 1. The van der Waals surface area contributed by atoms with Crippen molar-refractivity contribution in [3.8, 4) is 0 Å². The van der Waals surface area contributed by atoms with Crippen LogP contribution in [0.2, 0.25) is 0 Å². The van der Waals surface area contributed by atoms with Crippen LogP contribution < -0.4 is 11.1 Å². The number of fused-ring (bicyclic) bond motifs is 1. The molecule has 1 saturated heterocycles. The molecule has 0 saturated carbocycles. The quantitative estimate of drug-likeness (QED) is 0.210. The van der Waals surface area contributed by atoms with Gasteiger partial charge in [0.25, 0.3) is 11.8 Å². The molecule has 1 aromatic heterocycles. The van der Waals surface area contributed by atoms with Crippen molar-refractivity contribution in [3.05, 3.63) is 22.5 Å². The number of oxime groups is 1. The van der Waals surface area contributed by atoms with Crippen molar-refractivity contribution in [3.63, 3.8) is 0 Å². The predicted molar refractivity (Wildman–Crippen MR) is 111 cm³/mol. The van der Waals surface area contributed by atoms with E-state index >= 15 is 0 Å². The van der Waals surface area contributed by atoms with Crippen LogP contribution in [-0.4, -0.2) is 69.4 Å². The molecule has 13 heteroatoms. The molecule has 1 unspecified atom stereocenters. The number of nitrogens with one attached hydrogen (secondary N) is 1. The molecule has 162 valence electrons. The van der Waals surface area contributed by atoms with Crippen LogP contribution in [0.5, 0.6) is 0 Å². The van der Waals surface area contributed by atoms with E-state index in [9.17, 15) is 19.5 Å². The van der Waals surface area contributed by atoms with Crippen LogP contribution in [-0.2, 0) is 24.0 Å². The molecule has 0 radical (unpaired) electrons. The van der Waals surface area contributed by atoms with E-state index < -0.39 is 29.2 Å². The van der Waals surface area contributed by atoms with Gasteiger partial charge in [-0.3, -0.25) is 14.5 Å². The molecule has 3 rings (SSSR count). The Morgan fingerprint density at radius 2 is 2.27 bits per heavy atom. The maximum absolute atomic E-state index is 12.8. The first kappa shape index (κ1) is 21.9. The van der Waals surface area contributed by atoms with Crippen LogP contribution >= 0.6 is 23.1 Å². The number of hydrogen-bond donors (Lipinski definition) is 3. The third kappa shape index (κ3) is 4.21. The highest BCUT2D eigenvalue weighted by Gasteiger charge is 2.55. The van der Waals surface area contributed by atoms with Gasteiger partial charge in [-0.1, -0.05) is 18.5 Å². The molecule has 1 fully saturated rings. The Morgan fingerprint density at radius 1 is 1.50 bits per heavy atom. The summed E-state index contributed by atoms with van der Waals surface area (Å²) in [5, 5.41) is 17.2. The number of aliphatic carboxylic acids is 1. The number of carbonyl (C=O) groups excluding carboxylic acids is 2. The number of nitrogens with two attached hydrogens (primary N) is 1. The highest BCUT2D eigenvalue weighted by molar-refractivity contribution is 8.00. The minimum atomic E-state index is -1.26. The van der Waals surface area contributed by atoms with E-state index in [1.54, 1.807) is 5.38 Å². The highest BCUT2D eigenvalue weighted by atomic mass is 32.2. The zero-order valence-electron chi connectivity index (χ0n) is 16.3. The monoisotopic (exact) mass is 455 g/mol. The number of aromatic nitrogens is 1. The minimum Gasteiger partial charge on any atom is -0.498 e. The van der Waals surface area contributed by atoms with Gasteiger partial charge in [0.1, 0.15) is 29.5 Å². The predicted octanol–water partition coefficient (Wildman–Crippen LogP) is 0.589. The van der Waals surface area contributed by atoms with E-state index in [1.807, 2.05) is 6.92 Å². The van der Waals surface area contributed by atoms with Crippen LogP contribution in [0.1, 0.15) is 25.5 Å². The second-order valence-corrected chi connectivity index (χ2v) is 8.33. The number of hydrogen-bond acceptors (Lipinski definition) is 10. The van der Waals surface area contributed by atoms with Gasteiger partial charge >= 0.3 is 5.97 Å². The topological polar surface area (TPSA) is 156 Å². The number of thioether (sulfide) groups is 1. The lowest BCUT2D eigenvalue weighted by atomic mass is 10.0. The molecular weight excluding hydrogens is 434 g/mol. The Hall–Kier alpha value is -2.80. The van der Waals surface area contributed by atoms with Crippen molar-refractivity contribution in [1.29, 1.82) is 0 Å². The number of unbranched alkanes of at least 4 members (excludes halogenated alkanes) is 1. The van der Waals surface area contributed by atoms with Gasteiger partial charge in [0.05, 0.1) is 12.9 Å². The zero-order valence-corrected chi connectivity index (χ0v) is 17.9. The summed E-state index contributed by atoms with van der Waals surface area (Å²) in [5.74, 6) is -2.00. The summed E-state index contributed by atoms with van der Waals surface area (Å²) in [6.45, 7) is 2.32. The second-order valence-electron chi connectivity index (χ2n) is 6.34.